The molecule has 2 aliphatic rings. The summed E-state index contributed by atoms with van der Waals surface area (Å²) in [6, 6.07) is 0.0432. The highest BCUT2D eigenvalue weighted by Gasteiger charge is 2.31. The third-order valence-electron chi connectivity index (χ3n) is 4.24. The molecule has 1 aromatic heterocycles. The van der Waals surface area contributed by atoms with E-state index in [4.69, 9.17) is 9.47 Å². The molecule has 0 saturated carbocycles. The zero-order valence-electron chi connectivity index (χ0n) is 13.3. The van der Waals surface area contributed by atoms with Gasteiger partial charge in [0.15, 0.2) is 0 Å². The van der Waals surface area contributed by atoms with Gasteiger partial charge in [-0.1, -0.05) is 11.3 Å². The molecule has 2 aliphatic heterocycles. The molecule has 8 nitrogen and oxygen atoms in total. The number of morpholine rings is 1. The Morgan fingerprint density at radius 2 is 2.17 bits per heavy atom. The number of hydrogen-bond donors (Lipinski definition) is 2. The van der Waals surface area contributed by atoms with Crippen LogP contribution in [0.15, 0.2) is 0 Å². The average Bonchev–Trinajstić information content (AvgIpc) is 3.21. The van der Waals surface area contributed by atoms with Crippen LogP contribution in [-0.2, 0) is 9.47 Å². The molecule has 2 amide bonds. The normalized spacial score (nSPS) is 23.6. The topological polar surface area (TPSA) is 88.6 Å². The monoisotopic (exact) mass is 341 g/mol. The molecule has 2 unspecified atom stereocenters. The van der Waals surface area contributed by atoms with Crippen LogP contribution in [0.4, 0.5) is 9.93 Å². The van der Waals surface area contributed by atoms with Crippen molar-refractivity contribution in [3.63, 3.8) is 0 Å². The predicted octanol–water partition coefficient (Wildman–Crippen LogP) is 0.705. The summed E-state index contributed by atoms with van der Waals surface area (Å²) in [7, 11) is 0. The number of urea groups is 1. The molecule has 0 aromatic carbocycles. The highest BCUT2D eigenvalue weighted by atomic mass is 32.1. The minimum absolute atomic E-state index is 0.238. The van der Waals surface area contributed by atoms with Gasteiger partial charge in [-0.2, -0.15) is 0 Å². The van der Waals surface area contributed by atoms with Crippen LogP contribution in [0.1, 0.15) is 11.4 Å². The first-order chi connectivity index (χ1) is 11.2. The lowest BCUT2D eigenvalue weighted by Crippen LogP contribution is -2.52. The van der Waals surface area contributed by atoms with Crippen molar-refractivity contribution >= 4 is 22.5 Å². The fraction of sp³-hybridized carbons (Fsp3) is 0.786. The molecule has 2 fully saturated rings. The molecular formula is C14H23N5O3S. The van der Waals surface area contributed by atoms with Gasteiger partial charge in [0.05, 0.1) is 19.8 Å². The summed E-state index contributed by atoms with van der Waals surface area (Å²) in [5.41, 5.74) is 0. The summed E-state index contributed by atoms with van der Waals surface area (Å²) in [6.45, 7) is 7.33. The molecule has 0 radical (unpaired) electrons. The van der Waals surface area contributed by atoms with Crippen LogP contribution in [0.25, 0.3) is 0 Å². The number of ether oxygens (including phenoxy) is 2. The van der Waals surface area contributed by atoms with Crippen molar-refractivity contribution in [3.05, 3.63) is 5.01 Å². The number of carbonyl (C=O) groups is 1. The van der Waals surface area contributed by atoms with Gasteiger partial charge >= 0.3 is 6.03 Å². The van der Waals surface area contributed by atoms with Gasteiger partial charge in [0.1, 0.15) is 5.01 Å². The molecule has 3 rings (SSSR count). The highest BCUT2D eigenvalue weighted by Crippen LogP contribution is 2.22. The molecule has 23 heavy (non-hydrogen) atoms. The van der Waals surface area contributed by atoms with E-state index in [0.29, 0.717) is 17.6 Å². The van der Waals surface area contributed by atoms with Gasteiger partial charge in [0.25, 0.3) is 0 Å². The Morgan fingerprint density at radius 3 is 2.83 bits per heavy atom. The third kappa shape index (κ3) is 4.60. The lowest BCUT2D eigenvalue weighted by molar-refractivity contribution is 0.00222. The van der Waals surface area contributed by atoms with Gasteiger partial charge < -0.3 is 14.8 Å². The van der Waals surface area contributed by atoms with E-state index in [1.165, 1.54) is 11.3 Å². The van der Waals surface area contributed by atoms with Gasteiger partial charge in [-0.25, -0.2) is 4.79 Å². The zero-order chi connectivity index (χ0) is 16.1. The first-order valence-corrected chi connectivity index (χ1v) is 8.78. The van der Waals surface area contributed by atoms with Gasteiger partial charge in [0.2, 0.25) is 5.13 Å². The molecule has 2 saturated heterocycles. The molecule has 0 bridgehead atoms. The lowest BCUT2D eigenvalue weighted by atomic mass is 9.97. The minimum atomic E-state index is -0.238. The number of amides is 2. The molecule has 0 spiro atoms. The second kappa shape index (κ2) is 8.00. The largest absolute Gasteiger partial charge is 0.381 e. The van der Waals surface area contributed by atoms with Crippen LogP contribution < -0.4 is 10.6 Å². The SMILES string of the molecule is Cc1nnc(NC(=O)NCC(C2CCOC2)N2CCOCC2)s1. The number of aryl methyl sites for hydroxylation is 1. The summed E-state index contributed by atoms with van der Waals surface area (Å²) >= 11 is 1.36. The Balaban J connectivity index is 1.53. The minimum Gasteiger partial charge on any atom is -0.381 e. The summed E-state index contributed by atoms with van der Waals surface area (Å²) in [5.74, 6) is 0.456. The summed E-state index contributed by atoms with van der Waals surface area (Å²) in [6.07, 6.45) is 1.04. The number of anilines is 1. The van der Waals surface area contributed by atoms with E-state index in [1.54, 1.807) is 0 Å². The summed E-state index contributed by atoms with van der Waals surface area (Å²) < 4.78 is 11.0. The van der Waals surface area contributed by atoms with Crippen molar-refractivity contribution in [2.75, 3.05) is 51.4 Å². The third-order valence-corrected chi connectivity index (χ3v) is 5.00. The predicted molar refractivity (Wildman–Crippen MR) is 86.8 cm³/mol. The average molecular weight is 341 g/mol. The van der Waals surface area contributed by atoms with Crippen molar-refractivity contribution in [2.24, 2.45) is 5.92 Å². The molecule has 3 heterocycles. The van der Waals surface area contributed by atoms with Crippen LogP contribution in [0, 0.1) is 12.8 Å². The number of nitrogens with one attached hydrogen (secondary N) is 2. The van der Waals surface area contributed by atoms with Crippen molar-refractivity contribution < 1.29 is 14.3 Å². The molecule has 2 N–H and O–H groups in total. The van der Waals surface area contributed by atoms with E-state index in [0.717, 1.165) is 50.9 Å². The number of nitrogens with zero attached hydrogens (tertiary/aromatic N) is 3. The van der Waals surface area contributed by atoms with Gasteiger partial charge in [-0.05, 0) is 13.3 Å². The smallest absolute Gasteiger partial charge is 0.321 e. The maximum absolute atomic E-state index is 12.1. The molecule has 9 heteroatoms. The van der Waals surface area contributed by atoms with E-state index in [-0.39, 0.29) is 12.1 Å². The number of carbonyl (C=O) groups excluding carboxylic acids is 1. The molecule has 128 valence electrons. The standard InChI is InChI=1S/C14H23N5O3S/c1-10-17-18-14(23-10)16-13(20)15-8-12(11-2-5-22-9-11)19-3-6-21-7-4-19/h11-12H,2-9H2,1H3,(H2,15,16,18,20). The Bertz CT molecular complexity index is 514. The Morgan fingerprint density at radius 1 is 1.35 bits per heavy atom. The second-order valence-corrected chi connectivity index (χ2v) is 6.98. The Kier molecular flexibility index (Phi) is 5.76. The highest BCUT2D eigenvalue weighted by molar-refractivity contribution is 7.15. The van der Waals surface area contributed by atoms with E-state index in [1.807, 2.05) is 6.92 Å². The Hall–Kier alpha value is -1.29. The van der Waals surface area contributed by atoms with Crippen molar-refractivity contribution in [3.8, 4) is 0 Å². The van der Waals surface area contributed by atoms with Gasteiger partial charge in [-0.3, -0.25) is 10.2 Å². The number of aromatic nitrogens is 2. The summed E-state index contributed by atoms with van der Waals surface area (Å²) in [4.78, 5) is 14.5. The fourth-order valence-electron chi connectivity index (χ4n) is 3.04. The van der Waals surface area contributed by atoms with Crippen molar-refractivity contribution in [2.45, 2.75) is 19.4 Å². The lowest BCUT2D eigenvalue weighted by Gasteiger charge is -2.37. The van der Waals surface area contributed by atoms with Crippen LogP contribution in [0.3, 0.4) is 0 Å². The maximum atomic E-state index is 12.1. The quantitative estimate of drug-likeness (QED) is 0.820. The molecular weight excluding hydrogens is 318 g/mol. The molecule has 1 aromatic rings. The molecule has 2 atom stereocenters. The van der Waals surface area contributed by atoms with Crippen molar-refractivity contribution in [1.82, 2.24) is 20.4 Å². The van der Waals surface area contributed by atoms with E-state index in [2.05, 4.69) is 25.7 Å². The number of hydrogen-bond acceptors (Lipinski definition) is 7. The first-order valence-electron chi connectivity index (χ1n) is 7.97. The van der Waals surface area contributed by atoms with E-state index in [9.17, 15) is 4.79 Å². The number of rotatable bonds is 5. The fourth-order valence-corrected chi connectivity index (χ4v) is 3.63. The van der Waals surface area contributed by atoms with E-state index < -0.39 is 0 Å². The molecule has 0 aliphatic carbocycles. The van der Waals surface area contributed by atoms with Gasteiger partial charge in [0, 0.05) is 38.2 Å². The maximum Gasteiger partial charge on any atom is 0.321 e. The Labute approximate surface area is 139 Å². The van der Waals surface area contributed by atoms with Crippen LogP contribution in [0.2, 0.25) is 0 Å². The second-order valence-electron chi connectivity index (χ2n) is 5.80. The summed E-state index contributed by atoms with van der Waals surface area (Å²) in [5, 5.41) is 14.8. The van der Waals surface area contributed by atoms with Crippen LogP contribution in [-0.4, -0.2) is 73.2 Å². The van der Waals surface area contributed by atoms with Crippen molar-refractivity contribution in [1.29, 1.82) is 0 Å². The van der Waals surface area contributed by atoms with Crippen LogP contribution in [0.5, 0.6) is 0 Å². The van der Waals surface area contributed by atoms with Crippen LogP contribution >= 0.6 is 11.3 Å². The first kappa shape index (κ1) is 16.6. The zero-order valence-corrected chi connectivity index (χ0v) is 14.1. The van der Waals surface area contributed by atoms with E-state index >= 15 is 0 Å². The van der Waals surface area contributed by atoms with Gasteiger partial charge in [-0.15, -0.1) is 10.2 Å².